The van der Waals surface area contributed by atoms with Crippen LogP contribution in [0.2, 0.25) is 0 Å². The van der Waals surface area contributed by atoms with Crippen molar-refractivity contribution in [2.75, 3.05) is 6.54 Å². The van der Waals surface area contributed by atoms with E-state index in [4.69, 9.17) is 5.53 Å². The monoisotopic (exact) mass is 85.1 g/mol. The fourth-order valence-electron chi connectivity index (χ4n) is 0.110. The van der Waals surface area contributed by atoms with Crippen molar-refractivity contribution >= 4 is 0 Å². The molecule has 0 saturated heterocycles. The first-order valence-electron chi connectivity index (χ1n) is 1.62. The molecule has 0 aliphatic carbocycles. The molecule has 3 heteroatoms. The third kappa shape index (κ3) is 3.14. The van der Waals surface area contributed by atoms with Crippen LogP contribution in [-0.4, -0.2) is 6.54 Å². The van der Waals surface area contributed by atoms with Crippen molar-refractivity contribution in [2.45, 2.75) is 0 Å². The standard InChI is InChI=1S/C3H7N3/c1-2-3-5-6-4/h2H,1,3H2,(H2,4,5). The predicted molar refractivity (Wildman–Crippen MR) is 23.3 cm³/mol. The summed E-state index contributed by atoms with van der Waals surface area (Å²) in [6, 6.07) is 0. The normalized spacial score (nSPS) is 6.67. The fraction of sp³-hybridized carbons (Fsp3) is 0.333. The van der Waals surface area contributed by atoms with Gasteiger partial charge in [0.2, 0.25) is 0 Å². The summed E-state index contributed by atoms with van der Waals surface area (Å²) in [4.78, 5) is 0. The van der Waals surface area contributed by atoms with Crippen LogP contribution in [0.25, 0.3) is 0 Å². The number of nitrogens with one attached hydrogen (secondary N) is 2. The van der Waals surface area contributed by atoms with Crippen LogP contribution in [0.15, 0.2) is 17.9 Å². The van der Waals surface area contributed by atoms with Crippen molar-refractivity contribution in [1.29, 1.82) is 5.53 Å². The molecule has 0 bridgehead atoms. The molecule has 2 N–H and O–H groups in total. The summed E-state index contributed by atoms with van der Waals surface area (Å²) < 4.78 is 0. The van der Waals surface area contributed by atoms with E-state index in [2.05, 4.69) is 17.2 Å². The molecule has 0 radical (unpaired) electrons. The van der Waals surface area contributed by atoms with E-state index in [1.54, 1.807) is 6.08 Å². The maximum Gasteiger partial charge on any atom is 0.0524 e. The molecule has 0 aliphatic heterocycles. The first-order chi connectivity index (χ1) is 2.91. The molecule has 0 atom stereocenters. The van der Waals surface area contributed by atoms with E-state index >= 15 is 0 Å². The molecule has 34 valence electrons. The third-order valence-corrected chi connectivity index (χ3v) is 0.315. The fourth-order valence-corrected chi connectivity index (χ4v) is 0.110. The minimum absolute atomic E-state index is 0.573. The van der Waals surface area contributed by atoms with Crippen LogP contribution in [0.1, 0.15) is 0 Å². The lowest BCUT2D eigenvalue weighted by Crippen LogP contribution is -2.00. The second-order valence-corrected chi connectivity index (χ2v) is 0.763. The van der Waals surface area contributed by atoms with Gasteiger partial charge in [0.05, 0.1) is 6.54 Å². The van der Waals surface area contributed by atoms with E-state index in [9.17, 15) is 0 Å². The molecule has 0 heterocycles. The summed E-state index contributed by atoms with van der Waals surface area (Å²) >= 11 is 0. The Labute approximate surface area is 36.5 Å². The molecular weight excluding hydrogens is 78.1 g/mol. The molecule has 0 unspecified atom stereocenters. The molecule has 0 aromatic heterocycles. The average Bonchev–Trinajstić information content (AvgIpc) is 1.61. The Balaban J connectivity index is 2.66. The van der Waals surface area contributed by atoms with Gasteiger partial charge in [0, 0.05) is 0 Å². The largest absolute Gasteiger partial charge is 0.288 e. The average molecular weight is 85.1 g/mol. The van der Waals surface area contributed by atoms with Crippen molar-refractivity contribution < 1.29 is 0 Å². The van der Waals surface area contributed by atoms with Gasteiger partial charge >= 0.3 is 0 Å². The lowest BCUT2D eigenvalue weighted by Gasteiger charge is -1.82. The zero-order valence-electron chi connectivity index (χ0n) is 3.44. The molecule has 0 fully saturated rings. The minimum Gasteiger partial charge on any atom is -0.288 e. The van der Waals surface area contributed by atoms with Gasteiger partial charge in [-0.2, -0.15) is 5.53 Å². The second-order valence-electron chi connectivity index (χ2n) is 0.763. The van der Waals surface area contributed by atoms with Gasteiger partial charge in [0.25, 0.3) is 0 Å². The molecular formula is C3H7N3. The van der Waals surface area contributed by atoms with Crippen molar-refractivity contribution in [2.24, 2.45) is 5.22 Å². The predicted octanol–water partition coefficient (Wildman–Crippen LogP) is 0.708. The Morgan fingerprint density at radius 2 is 2.67 bits per heavy atom. The highest BCUT2D eigenvalue weighted by Gasteiger charge is 1.61. The van der Waals surface area contributed by atoms with E-state index in [-0.39, 0.29) is 0 Å². The molecule has 0 aromatic carbocycles. The van der Waals surface area contributed by atoms with Gasteiger partial charge in [-0.1, -0.05) is 11.3 Å². The summed E-state index contributed by atoms with van der Waals surface area (Å²) in [5.74, 6) is 0. The molecule has 0 amide bonds. The summed E-state index contributed by atoms with van der Waals surface area (Å²) in [5.41, 5.74) is 8.54. The maximum atomic E-state index is 6.17. The third-order valence-electron chi connectivity index (χ3n) is 0.315. The Morgan fingerprint density at radius 1 is 2.00 bits per heavy atom. The number of rotatable bonds is 3. The van der Waals surface area contributed by atoms with Crippen LogP contribution < -0.4 is 5.43 Å². The van der Waals surface area contributed by atoms with Crippen LogP contribution >= 0.6 is 0 Å². The van der Waals surface area contributed by atoms with E-state index in [0.717, 1.165) is 0 Å². The van der Waals surface area contributed by atoms with Gasteiger partial charge in [0.15, 0.2) is 0 Å². The topological polar surface area (TPSA) is 48.2 Å². The molecule has 0 rings (SSSR count). The highest BCUT2D eigenvalue weighted by molar-refractivity contribution is 4.66. The van der Waals surface area contributed by atoms with Gasteiger partial charge in [-0.15, -0.1) is 6.58 Å². The Hall–Kier alpha value is -0.860. The Kier molecular flexibility index (Phi) is 3.55. The van der Waals surface area contributed by atoms with Gasteiger partial charge in [-0.3, -0.25) is 5.43 Å². The first kappa shape index (κ1) is 5.14. The van der Waals surface area contributed by atoms with Crippen LogP contribution in [0.4, 0.5) is 0 Å². The number of nitrogens with zero attached hydrogens (tertiary/aromatic N) is 1. The molecule has 0 aliphatic rings. The quantitative estimate of drug-likeness (QED) is 0.225. The van der Waals surface area contributed by atoms with Crippen molar-refractivity contribution in [3.05, 3.63) is 12.7 Å². The summed E-state index contributed by atoms with van der Waals surface area (Å²) in [7, 11) is 0. The smallest absolute Gasteiger partial charge is 0.0524 e. The van der Waals surface area contributed by atoms with Gasteiger partial charge in [-0.25, -0.2) is 0 Å². The Bertz CT molecular complexity index is 42.0. The zero-order valence-corrected chi connectivity index (χ0v) is 3.44. The van der Waals surface area contributed by atoms with Crippen molar-refractivity contribution in [3.8, 4) is 0 Å². The van der Waals surface area contributed by atoms with E-state index in [0.29, 0.717) is 6.54 Å². The molecule has 0 spiro atoms. The molecule has 3 nitrogen and oxygen atoms in total. The molecule has 0 aromatic rings. The molecule has 6 heavy (non-hydrogen) atoms. The van der Waals surface area contributed by atoms with Crippen LogP contribution in [-0.2, 0) is 0 Å². The minimum atomic E-state index is 0.573. The van der Waals surface area contributed by atoms with Crippen LogP contribution in [0.5, 0.6) is 0 Å². The van der Waals surface area contributed by atoms with Gasteiger partial charge < -0.3 is 0 Å². The van der Waals surface area contributed by atoms with E-state index < -0.39 is 0 Å². The first-order valence-corrected chi connectivity index (χ1v) is 1.62. The lowest BCUT2D eigenvalue weighted by molar-refractivity contribution is 0.734. The SMILES string of the molecule is C=CCNN=N. The maximum absolute atomic E-state index is 6.17. The van der Waals surface area contributed by atoms with Gasteiger partial charge in [0.1, 0.15) is 0 Å². The van der Waals surface area contributed by atoms with E-state index in [1.807, 2.05) is 0 Å². The zero-order chi connectivity index (χ0) is 4.83. The highest BCUT2D eigenvalue weighted by Crippen LogP contribution is 1.55. The van der Waals surface area contributed by atoms with E-state index in [1.165, 1.54) is 0 Å². The summed E-state index contributed by atoms with van der Waals surface area (Å²) in [6.07, 6.45) is 1.64. The lowest BCUT2D eigenvalue weighted by atomic mass is 10.7. The van der Waals surface area contributed by atoms with Gasteiger partial charge in [-0.05, 0) is 0 Å². The Morgan fingerprint density at radius 3 is 2.83 bits per heavy atom. The second kappa shape index (κ2) is 4.14. The highest BCUT2D eigenvalue weighted by atomic mass is 15.4. The van der Waals surface area contributed by atoms with Crippen molar-refractivity contribution in [3.63, 3.8) is 0 Å². The summed E-state index contributed by atoms with van der Waals surface area (Å²) in [6.45, 7) is 3.97. The number of hydrogen-bond donors (Lipinski definition) is 2. The molecule has 0 saturated carbocycles. The summed E-state index contributed by atoms with van der Waals surface area (Å²) in [5, 5.41) is 2.85. The number of hydrogen-bond acceptors (Lipinski definition) is 2. The van der Waals surface area contributed by atoms with Crippen LogP contribution in [0, 0.1) is 5.53 Å². The van der Waals surface area contributed by atoms with Crippen molar-refractivity contribution in [1.82, 2.24) is 5.43 Å². The van der Waals surface area contributed by atoms with Crippen LogP contribution in [0.3, 0.4) is 0 Å².